The van der Waals surface area contributed by atoms with Gasteiger partial charge in [-0.1, -0.05) is 0 Å². The van der Waals surface area contributed by atoms with Crippen LogP contribution in [-0.4, -0.2) is 30.7 Å². The minimum Gasteiger partial charge on any atom is -0.288 e. The molecule has 0 aromatic rings. The fraction of sp³-hybridized carbons (Fsp3) is 0.833. The molecule has 0 N–H and O–H groups in total. The second-order valence-corrected chi connectivity index (χ2v) is 2.42. The average Bonchev–Trinajstić information content (AvgIpc) is 2.10. The van der Waals surface area contributed by atoms with Gasteiger partial charge in [0.25, 0.3) is 0 Å². The van der Waals surface area contributed by atoms with Crippen LogP contribution in [0.4, 0.5) is 4.39 Å². The Hall–Kier alpha value is -0.620. The van der Waals surface area contributed by atoms with Crippen molar-refractivity contribution in [2.24, 2.45) is 0 Å². The Kier molecular flexibility index (Phi) is 1.68. The van der Waals surface area contributed by atoms with Crippen molar-refractivity contribution in [3.63, 3.8) is 0 Å². The summed E-state index contributed by atoms with van der Waals surface area (Å²) >= 11 is 0. The lowest BCUT2D eigenvalue weighted by molar-refractivity contribution is 0.313. The van der Waals surface area contributed by atoms with Crippen LogP contribution in [0.25, 0.3) is 0 Å². The molecule has 0 amide bonds. The number of hydrogen-bond acceptors (Lipinski definition) is 2. The first-order chi connectivity index (χ1) is 4.24. The maximum absolute atomic E-state index is 12.4. The van der Waals surface area contributed by atoms with Crippen molar-refractivity contribution in [1.82, 2.24) is 4.90 Å². The highest BCUT2D eigenvalue weighted by Crippen LogP contribution is 2.16. The zero-order chi connectivity index (χ0) is 6.85. The molecule has 2 nitrogen and oxygen atoms in total. The molecular formula is C6H9FN2. The number of halogens is 1. The van der Waals surface area contributed by atoms with E-state index in [1.165, 1.54) is 0 Å². The topological polar surface area (TPSA) is 27.0 Å². The first-order valence-electron chi connectivity index (χ1n) is 2.98. The smallest absolute Gasteiger partial charge is 0.115 e. The van der Waals surface area contributed by atoms with Gasteiger partial charge in [-0.3, -0.25) is 4.90 Å². The van der Waals surface area contributed by atoms with E-state index in [0.717, 1.165) is 0 Å². The minimum atomic E-state index is -0.792. The summed E-state index contributed by atoms with van der Waals surface area (Å²) in [5, 5.41) is 8.40. The third kappa shape index (κ3) is 1.19. The van der Waals surface area contributed by atoms with E-state index in [0.29, 0.717) is 13.0 Å². The first-order valence-corrected chi connectivity index (χ1v) is 2.98. The van der Waals surface area contributed by atoms with E-state index in [2.05, 4.69) is 0 Å². The summed E-state index contributed by atoms with van der Waals surface area (Å²) in [5.41, 5.74) is 0. The zero-order valence-corrected chi connectivity index (χ0v) is 5.34. The molecule has 0 aliphatic carbocycles. The Labute approximate surface area is 53.9 Å². The van der Waals surface area contributed by atoms with Crippen molar-refractivity contribution in [2.75, 3.05) is 13.6 Å². The van der Waals surface area contributed by atoms with E-state index >= 15 is 0 Å². The molecule has 0 spiro atoms. The highest BCUT2D eigenvalue weighted by Gasteiger charge is 2.28. The summed E-state index contributed by atoms with van der Waals surface area (Å²) < 4.78 is 12.4. The Morgan fingerprint density at radius 3 is 2.67 bits per heavy atom. The molecule has 2 atom stereocenters. The molecule has 1 aliphatic heterocycles. The normalized spacial score (nSPS) is 36.6. The standard InChI is InChI=1S/C6H9FN2/c1-9-4-5(7)2-6(9)3-8/h5-6H,2,4H2,1H3/t5-,6-/m0/s1. The summed E-state index contributed by atoms with van der Waals surface area (Å²) in [5.74, 6) is 0. The predicted molar refractivity (Wildman–Crippen MR) is 31.5 cm³/mol. The maximum Gasteiger partial charge on any atom is 0.115 e. The van der Waals surface area contributed by atoms with Crippen LogP contribution in [0.2, 0.25) is 0 Å². The van der Waals surface area contributed by atoms with Crippen molar-refractivity contribution in [3.8, 4) is 6.07 Å². The van der Waals surface area contributed by atoms with Crippen LogP contribution in [0.3, 0.4) is 0 Å². The van der Waals surface area contributed by atoms with Gasteiger partial charge in [0, 0.05) is 13.0 Å². The highest BCUT2D eigenvalue weighted by molar-refractivity contribution is 4.97. The molecule has 0 aromatic carbocycles. The van der Waals surface area contributed by atoms with E-state index in [4.69, 9.17) is 5.26 Å². The van der Waals surface area contributed by atoms with Gasteiger partial charge in [0.2, 0.25) is 0 Å². The maximum atomic E-state index is 12.4. The lowest BCUT2D eigenvalue weighted by Crippen LogP contribution is -2.23. The van der Waals surface area contributed by atoms with Crippen molar-refractivity contribution >= 4 is 0 Å². The number of rotatable bonds is 0. The SMILES string of the molecule is CN1C[C@@H](F)C[C@H]1C#N. The van der Waals surface area contributed by atoms with Crippen LogP contribution in [0.5, 0.6) is 0 Å². The van der Waals surface area contributed by atoms with Crippen LogP contribution < -0.4 is 0 Å². The van der Waals surface area contributed by atoms with Crippen molar-refractivity contribution in [2.45, 2.75) is 18.6 Å². The molecule has 0 aromatic heterocycles. The summed E-state index contributed by atoms with van der Waals surface area (Å²) in [7, 11) is 1.77. The van der Waals surface area contributed by atoms with Crippen molar-refractivity contribution in [3.05, 3.63) is 0 Å². The second-order valence-electron chi connectivity index (χ2n) is 2.42. The molecule has 1 heterocycles. The molecule has 3 heteroatoms. The average molecular weight is 128 g/mol. The van der Waals surface area contributed by atoms with E-state index in [1.54, 1.807) is 11.9 Å². The minimum absolute atomic E-state index is 0.194. The largest absolute Gasteiger partial charge is 0.288 e. The van der Waals surface area contributed by atoms with Crippen LogP contribution in [0.15, 0.2) is 0 Å². The molecule has 0 radical (unpaired) electrons. The van der Waals surface area contributed by atoms with Gasteiger partial charge < -0.3 is 0 Å². The van der Waals surface area contributed by atoms with Gasteiger partial charge >= 0.3 is 0 Å². The Morgan fingerprint density at radius 2 is 2.44 bits per heavy atom. The molecule has 9 heavy (non-hydrogen) atoms. The van der Waals surface area contributed by atoms with Gasteiger partial charge in [-0.15, -0.1) is 0 Å². The van der Waals surface area contributed by atoms with Gasteiger partial charge in [-0.25, -0.2) is 4.39 Å². The predicted octanol–water partition coefficient (Wildman–Crippen LogP) is 0.552. The number of likely N-dealkylation sites (tertiary alicyclic amines) is 1. The van der Waals surface area contributed by atoms with Crippen LogP contribution >= 0.6 is 0 Å². The quantitative estimate of drug-likeness (QED) is 0.476. The summed E-state index contributed by atoms with van der Waals surface area (Å²) in [4.78, 5) is 1.74. The molecule has 0 bridgehead atoms. The van der Waals surface area contributed by atoms with Crippen molar-refractivity contribution < 1.29 is 4.39 Å². The highest BCUT2D eigenvalue weighted by atomic mass is 19.1. The van der Waals surface area contributed by atoms with Crippen LogP contribution in [-0.2, 0) is 0 Å². The van der Waals surface area contributed by atoms with Gasteiger partial charge in [-0.2, -0.15) is 5.26 Å². The summed E-state index contributed by atoms with van der Waals surface area (Å²) in [6, 6.07) is 1.84. The van der Waals surface area contributed by atoms with Gasteiger partial charge in [0.05, 0.1) is 6.07 Å². The second kappa shape index (κ2) is 2.32. The molecule has 0 saturated carbocycles. The lowest BCUT2D eigenvalue weighted by atomic mass is 10.2. The molecule has 1 aliphatic rings. The molecule has 1 fully saturated rings. The van der Waals surface area contributed by atoms with Gasteiger partial charge in [0.15, 0.2) is 0 Å². The number of alkyl halides is 1. The van der Waals surface area contributed by atoms with Gasteiger partial charge in [0.1, 0.15) is 12.2 Å². The van der Waals surface area contributed by atoms with Crippen LogP contribution in [0.1, 0.15) is 6.42 Å². The van der Waals surface area contributed by atoms with E-state index in [9.17, 15) is 4.39 Å². The first kappa shape index (κ1) is 6.50. The Morgan fingerprint density at radius 1 is 1.78 bits per heavy atom. The molecule has 50 valence electrons. The van der Waals surface area contributed by atoms with E-state index < -0.39 is 6.17 Å². The van der Waals surface area contributed by atoms with E-state index in [1.807, 2.05) is 6.07 Å². The molecule has 0 unspecified atom stereocenters. The zero-order valence-electron chi connectivity index (χ0n) is 5.34. The fourth-order valence-electron chi connectivity index (χ4n) is 1.09. The van der Waals surface area contributed by atoms with Crippen molar-refractivity contribution in [1.29, 1.82) is 5.26 Å². The van der Waals surface area contributed by atoms with Crippen LogP contribution in [0, 0.1) is 11.3 Å². The fourth-order valence-corrected chi connectivity index (χ4v) is 1.09. The lowest BCUT2D eigenvalue weighted by Gasteiger charge is -2.08. The van der Waals surface area contributed by atoms with Gasteiger partial charge in [-0.05, 0) is 7.05 Å². The monoisotopic (exact) mass is 128 g/mol. The number of nitrogens with zero attached hydrogens (tertiary/aromatic N) is 2. The molecule has 1 rings (SSSR count). The molecular weight excluding hydrogens is 119 g/mol. The molecule has 1 saturated heterocycles. The summed E-state index contributed by atoms with van der Waals surface area (Å²) in [6.45, 7) is 0.415. The summed E-state index contributed by atoms with van der Waals surface area (Å²) in [6.07, 6.45) is -0.410. The third-order valence-corrected chi connectivity index (χ3v) is 1.65. The van der Waals surface area contributed by atoms with E-state index in [-0.39, 0.29) is 6.04 Å². The number of nitriles is 1. The Balaban J connectivity index is 2.50. The third-order valence-electron chi connectivity index (χ3n) is 1.65. The number of hydrogen-bond donors (Lipinski definition) is 0. The Bertz CT molecular complexity index is 140.